The van der Waals surface area contributed by atoms with E-state index in [0.29, 0.717) is 5.69 Å². The average molecular weight is 473 g/mol. The molecule has 9 N–H and O–H groups in total. The summed E-state index contributed by atoms with van der Waals surface area (Å²) in [6.45, 7) is 13.0. The molecule has 8 heteroatoms. The Morgan fingerprint density at radius 1 is 0.781 bits per heavy atom. The zero-order valence-electron chi connectivity index (χ0n) is 17.9. The molecule has 0 aliphatic heterocycles. The van der Waals surface area contributed by atoms with Gasteiger partial charge >= 0.3 is 23.7 Å². The van der Waals surface area contributed by atoms with Gasteiger partial charge in [0, 0.05) is 11.8 Å². The van der Waals surface area contributed by atoms with Crippen molar-refractivity contribution in [3.63, 3.8) is 0 Å². The Bertz CT molecular complexity index is 701. The molecule has 0 aromatic heterocycles. The van der Waals surface area contributed by atoms with Crippen molar-refractivity contribution in [3.8, 4) is 5.75 Å². The quantitative estimate of drug-likeness (QED) is 0.0880. The van der Waals surface area contributed by atoms with E-state index < -0.39 is 0 Å². The van der Waals surface area contributed by atoms with Crippen molar-refractivity contribution >= 4 is 17.1 Å². The van der Waals surface area contributed by atoms with Crippen LogP contribution in [0.4, 0.5) is 17.1 Å². The molecule has 0 radical (unpaired) electrons. The molecule has 0 heterocycles. The van der Waals surface area contributed by atoms with Crippen molar-refractivity contribution in [2.24, 2.45) is 0 Å². The monoisotopic (exact) mass is 473 g/mol. The summed E-state index contributed by atoms with van der Waals surface area (Å²) in [5, 5.41) is 20.7. The second-order valence-electron chi connectivity index (χ2n) is 4.85. The number of nitrogens with two attached hydrogens (primary N) is 3. The van der Waals surface area contributed by atoms with Gasteiger partial charge in [-0.15, -0.1) is 0 Å². The van der Waals surface area contributed by atoms with Crippen LogP contribution in [0.25, 0.3) is 0 Å². The number of rotatable bonds is 0. The summed E-state index contributed by atoms with van der Waals surface area (Å²) in [5.74, 6) is 0.213. The Kier molecular flexibility index (Phi) is 36.1. The molecule has 32 heavy (non-hydrogen) atoms. The van der Waals surface area contributed by atoms with Crippen LogP contribution in [0.3, 0.4) is 0 Å². The normalized spacial score (nSPS) is 7.03. The summed E-state index contributed by atoms with van der Waals surface area (Å²) in [6, 6.07) is 26.6. The van der Waals surface area contributed by atoms with Crippen LogP contribution < -0.4 is 17.2 Å². The van der Waals surface area contributed by atoms with Crippen molar-refractivity contribution in [2.45, 2.75) is 0 Å². The average Bonchev–Trinajstić information content (AvgIpc) is 2.79. The van der Waals surface area contributed by atoms with E-state index in [-0.39, 0.29) is 5.75 Å². The number of phenolic OH excluding ortho intramolecular Hbond substituents is 1. The molecule has 0 fully saturated rings. The van der Waals surface area contributed by atoms with Crippen molar-refractivity contribution in [2.75, 3.05) is 17.2 Å². The SMILES string of the molecule is C=C[CH2-].C=C[CH2-].Nc1c[c-]ccc1.Nc1c[c-]ccc1.Nc1cccc(O)c1.OO.[O]=[Ti]. The first-order chi connectivity index (χ1) is 15.4. The third-order valence-corrected chi connectivity index (χ3v) is 2.33. The first-order valence-corrected chi connectivity index (χ1v) is 9.23. The predicted octanol–water partition coefficient (Wildman–Crippen LogP) is 5.02. The zero-order chi connectivity index (χ0) is 25.6. The molecule has 3 rings (SSSR count). The van der Waals surface area contributed by atoms with Gasteiger partial charge in [-0.1, -0.05) is 17.4 Å². The molecule has 0 aliphatic carbocycles. The van der Waals surface area contributed by atoms with Crippen molar-refractivity contribution < 1.29 is 39.3 Å². The van der Waals surface area contributed by atoms with Gasteiger partial charge in [0.1, 0.15) is 5.75 Å². The van der Waals surface area contributed by atoms with Crippen LogP contribution in [0.2, 0.25) is 0 Å². The van der Waals surface area contributed by atoms with Gasteiger partial charge in [0.15, 0.2) is 0 Å². The molecule has 3 aromatic rings. The van der Waals surface area contributed by atoms with Crippen LogP contribution in [-0.4, -0.2) is 15.6 Å². The number of hydrogen-bond donors (Lipinski definition) is 6. The van der Waals surface area contributed by atoms with E-state index in [1.165, 1.54) is 18.2 Å². The first-order valence-electron chi connectivity index (χ1n) is 8.59. The van der Waals surface area contributed by atoms with E-state index in [1.54, 1.807) is 30.3 Å². The molecular weight excluding hydrogens is 442 g/mol. The van der Waals surface area contributed by atoms with E-state index in [9.17, 15) is 0 Å². The van der Waals surface area contributed by atoms with Gasteiger partial charge in [-0.3, -0.25) is 10.5 Å². The standard InChI is InChI=1S/C6H7NO.2C6H6N.2C3H5.H2O2.O.Ti/c7-5-2-1-3-6(8)4-5;2*7-6-4-2-1-3-5-6;2*1-3-2;1-2;;/h1-4,8H,7H2;2*1-2,4-5H,7H2;2*3H,1-2H2;1-2H;;/q;4*-1;;;. The minimum atomic E-state index is 0.213. The molecule has 7 nitrogen and oxygen atoms in total. The van der Waals surface area contributed by atoms with Gasteiger partial charge in [-0.25, -0.2) is 39.2 Å². The van der Waals surface area contributed by atoms with Crippen molar-refractivity contribution in [3.05, 3.63) is 124 Å². The molecule has 3 aromatic carbocycles. The fraction of sp³-hybridized carbons (Fsp3) is 0. The van der Waals surface area contributed by atoms with E-state index in [0.717, 1.165) is 31.8 Å². The van der Waals surface area contributed by atoms with Gasteiger partial charge in [0.05, 0.1) is 0 Å². The number of allylic oxidation sites excluding steroid dienone is 2. The predicted molar refractivity (Wildman–Crippen MR) is 129 cm³/mol. The summed E-state index contributed by atoms with van der Waals surface area (Å²) < 4.78 is 8.25. The molecule has 0 atom stereocenters. The van der Waals surface area contributed by atoms with Crippen molar-refractivity contribution in [1.82, 2.24) is 0 Å². The molecule has 0 bridgehead atoms. The maximum atomic E-state index is 8.73. The second-order valence-corrected chi connectivity index (χ2v) is 4.85. The number of anilines is 3. The van der Waals surface area contributed by atoms with Gasteiger partial charge in [-0.05, 0) is 12.1 Å². The van der Waals surface area contributed by atoms with E-state index in [2.05, 4.69) is 39.1 Å². The molecular formula is C24H31N3O4Ti-4. The van der Waals surface area contributed by atoms with Crippen LogP contribution >= 0.6 is 0 Å². The minimum absolute atomic E-state index is 0.213. The molecule has 0 amide bonds. The van der Waals surface area contributed by atoms with Crippen LogP contribution in [0.5, 0.6) is 5.75 Å². The van der Waals surface area contributed by atoms with Gasteiger partial charge in [0.2, 0.25) is 0 Å². The third-order valence-electron chi connectivity index (χ3n) is 2.33. The molecule has 0 saturated carbocycles. The van der Waals surface area contributed by atoms with E-state index in [1.807, 2.05) is 36.4 Å². The van der Waals surface area contributed by atoms with E-state index >= 15 is 0 Å². The Balaban J connectivity index is -0.000000154. The van der Waals surface area contributed by atoms with Gasteiger partial charge < -0.3 is 22.3 Å². The summed E-state index contributed by atoms with van der Waals surface area (Å²) in [7, 11) is 0. The Morgan fingerprint density at radius 3 is 1.28 bits per heavy atom. The van der Waals surface area contributed by atoms with Crippen molar-refractivity contribution in [1.29, 1.82) is 0 Å². The zero-order valence-corrected chi connectivity index (χ0v) is 19.5. The number of hydrogen-bond acceptors (Lipinski definition) is 7. The summed E-state index contributed by atoms with van der Waals surface area (Å²) in [6.07, 6.45) is 3.00. The first kappa shape index (κ1) is 35.9. The van der Waals surface area contributed by atoms with Crippen LogP contribution in [0.15, 0.2) is 98.1 Å². The molecule has 0 unspecified atom stereocenters. The Hall–Kier alpha value is -3.49. The van der Waals surface area contributed by atoms with Crippen LogP contribution in [0, 0.1) is 26.0 Å². The summed E-state index contributed by atoms with van der Waals surface area (Å²) in [5.41, 5.74) is 18.1. The fourth-order valence-corrected chi connectivity index (χ4v) is 1.34. The summed E-state index contributed by atoms with van der Waals surface area (Å²) >= 11 is 0.750. The van der Waals surface area contributed by atoms with Crippen LogP contribution in [-0.2, 0) is 23.7 Å². The molecule has 0 spiro atoms. The second kappa shape index (κ2) is 32.2. The third kappa shape index (κ3) is 34.1. The Morgan fingerprint density at radius 2 is 1.12 bits per heavy atom. The number of benzene rings is 3. The topological polar surface area (TPSA) is 156 Å². The Labute approximate surface area is 203 Å². The fourth-order valence-electron chi connectivity index (χ4n) is 1.34. The number of nitrogen functional groups attached to an aromatic ring is 3. The number of phenols is 1. The number of aromatic hydroxyl groups is 1. The molecule has 0 aliphatic rings. The van der Waals surface area contributed by atoms with Crippen LogP contribution in [0.1, 0.15) is 0 Å². The molecule has 0 saturated heterocycles. The molecule has 174 valence electrons. The van der Waals surface area contributed by atoms with Gasteiger partial charge in [-0.2, -0.15) is 60.7 Å². The van der Waals surface area contributed by atoms with E-state index in [4.69, 9.17) is 36.1 Å². The van der Waals surface area contributed by atoms with Gasteiger partial charge in [0.25, 0.3) is 0 Å². The maximum absolute atomic E-state index is 8.73. The summed E-state index contributed by atoms with van der Waals surface area (Å²) in [4.78, 5) is 0.